The summed E-state index contributed by atoms with van der Waals surface area (Å²) in [4.78, 5) is 18.8. The van der Waals surface area contributed by atoms with Gasteiger partial charge in [0, 0.05) is 6.54 Å². The van der Waals surface area contributed by atoms with E-state index in [9.17, 15) is 4.79 Å². The molecule has 2 aromatic carbocycles. The second-order valence-corrected chi connectivity index (χ2v) is 5.52. The average Bonchev–Trinajstić information content (AvgIpc) is 2.67. The van der Waals surface area contributed by atoms with Crippen LogP contribution in [0, 0.1) is 0 Å². The van der Waals surface area contributed by atoms with E-state index in [1.165, 1.54) is 5.56 Å². The molecule has 0 atom stereocenters. The summed E-state index contributed by atoms with van der Waals surface area (Å²) >= 11 is 0. The van der Waals surface area contributed by atoms with E-state index in [4.69, 9.17) is 19.7 Å². The monoisotopic (exact) mass is 371 g/mol. The summed E-state index contributed by atoms with van der Waals surface area (Å²) in [5.74, 6) is 0.0700. The maximum Gasteiger partial charge on any atom is 0.304 e. The minimum absolute atomic E-state index is 0.156. The van der Waals surface area contributed by atoms with Gasteiger partial charge in [-0.15, -0.1) is 0 Å². The molecule has 6 nitrogen and oxygen atoms in total. The van der Waals surface area contributed by atoms with E-state index in [0.717, 1.165) is 24.3 Å². The van der Waals surface area contributed by atoms with Gasteiger partial charge in [-0.3, -0.25) is 9.59 Å². The molecule has 0 aromatic heterocycles. The molecule has 0 heterocycles. The summed E-state index contributed by atoms with van der Waals surface area (Å²) in [6.45, 7) is 1.56. The van der Waals surface area contributed by atoms with E-state index >= 15 is 0 Å². The van der Waals surface area contributed by atoms with E-state index in [-0.39, 0.29) is 12.9 Å². The molecule has 0 bridgehead atoms. The fourth-order valence-corrected chi connectivity index (χ4v) is 2.20. The lowest BCUT2D eigenvalue weighted by atomic mass is 10.1. The Bertz CT molecular complexity index is 683. The van der Waals surface area contributed by atoms with Crippen molar-refractivity contribution in [2.75, 3.05) is 19.7 Å². The van der Waals surface area contributed by atoms with Crippen LogP contribution in [-0.4, -0.2) is 42.4 Å². The van der Waals surface area contributed by atoms with Gasteiger partial charge in [0.1, 0.15) is 12.4 Å². The zero-order valence-corrected chi connectivity index (χ0v) is 15.1. The lowest BCUT2D eigenvalue weighted by Crippen LogP contribution is -2.20. The fourth-order valence-electron chi connectivity index (χ4n) is 2.20. The van der Waals surface area contributed by atoms with E-state index in [1.54, 1.807) is 0 Å². The van der Waals surface area contributed by atoms with Crippen LogP contribution in [0.4, 0.5) is 0 Å². The second kappa shape index (κ2) is 14.1. The van der Waals surface area contributed by atoms with Gasteiger partial charge in [0.2, 0.25) is 0 Å². The summed E-state index contributed by atoms with van der Waals surface area (Å²) in [6, 6.07) is 18.1. The van der Waals surface area contributed by atoms with E-state index in [1.807, 2.05) is 54.6 Å². The molecule has 27 heavy (non-hydrogen) atoms. The van der Waals surface area contributed by atoms with Gasteiger partial charge in [-0.25, -0.2) is 0 Å². The molecule has 0 unspecified atom stereocenters. The molecule has 0 saturated carbocycles. The van der Waals surface area contributed by atoms with Gasteiger partial charge >= 0.3 is 5.97 Å². The molecule has 2 rings (SSSR count). The van der Waals surface area contributed by atoms with E-state index < -0.39 is 5.97 Å². The topological polar surface area (TPSA) is 95.9 Å². The second-order valence-electron chi connectivity index (χ2n) is 5.52. The van der Waals surface area contributed by atoms with Gasteiger partial charge in [0.25, 0.3) is 6.47 Å². The van der Waals surface area contributed by atoms with Crippen molar-refractivity contribution in [1.29, 1.82) is 0 Å². The Morgan fingerprint density at radius 1 is 1.04 bits per heavy atom. The van der Waals surface area contributed by atoms with E-state index in [2.05, 4.69) is 17.4 Å². The number of hydrogen-bond donors (Lipinski definition) is 3. The number of nitrogens with one attached hydrogen (secondary N) is 1. The van der Waals surface area contributed by atoms with E-state index in [0.29, 0.717) is 13.2 Å². The van der Waals surface area contributed by atoms with Crippen molar-refractivity contribution in [3.8, 4) is 5.75 Å². The van der Waals surface area contributed by atoms with Crippen LogP contribution in [0.2, 0.25) is 0 Å². The normalized spacial score (nSPS) is 10.1. The third-order valence-electron chi connectivity index (χ3n) is 3.49. The molecule has 0 radical (unpaired) electrons. The van der Waals surface area contributed by atoms with Crippen LogP contribution in [0.15, 0.2) is 60.7 Å². The molecule has 0 aliphatic heterocycles. The SMILES string of the molecule is O=C(O)CCNCCc1ccc(OC/C=C/c2ccccc2)cc1.O=CO. The first-order valence-corrected chi connectivity index (χ1v) is 8.59. The third kappa shape index (κ3) is 11.2. The number of carboxylic acids is 1. The molecule has 0 spiro atoms. The minimum atomic E-state index is -0.773. The standard InChI is InChI=1S/C20H23NO3.CH2O2/c22-20(23)13-15-21-14-12-18-8-10-19(11-9-18)24-16-4-7-17-5-2-1-3-6-17;2-1-3/h1-11,21H,12-16H2,(H,22,23);1H,(H,2,3)/b7-4+;. The molecule has 0 aliphatic rings. The van der Waals surface area contributed by atoms with Crippen LogP contribution < -0.4 is 10.1 Å². The van der Waals surface area contributed by atoms with Crippen molar-refractivity contribution < 1.29 is 24.5 Å². The van der Waals surface area contributed by atoms with Crippen LogP contribution in [-0.2, 0) is 16.0 Å². The summed E-state index contributed by atoms with van der Waals surface area (Å²) in [5.41, 5.74) is 2.36. The highest BCUT2D eigenvalue weighted by Gasteiger charge is 1.97. The molecule has 144 valence electrons. The molecule has 3 N–H and O–H groups in total. The number of benzene rings is 2. The summed E-state index contributed by atoms with van der Waals surface area (Å²) in [7, 11) is 0. The Morgan fingerprint density at radius 2 is 1.70 bits per heavy atom. The maximum absolute atomic E-state index is 10.4. The lowest BCUT2D eigenvalue weighted by Gasteiger charge is -2.06. The van der Waals surface area contributed by atoms with Gasteiger partial charge in [-0.05, 0) is 42.3 Å². The van der Waals surface area contributed by atoms with Gasteiger partial charge in [0.15, 0.2) is 0 Å². The summed E-state index contributed by atoms with van der Waals surface area (Å²) in [5, 5.41) is 18.6. The van der Waals surface area contributed by atoms with Crippen molar-refractivity contribution in [2.24, 2.45) is 0 Å². The number of carbonyl (C=O) groups is 2. The zero-order valence-electron chi connectivity index (χ0n) is 15.1. The van der Waals surface area contributed by atoms with Crippen molar-refractivity contribution >= 4 is 18.5 Å². The third-order valence-corrected chi connectivity index (χ3v) is 3.49. The molecule has 0 fully saturated rings. The van der Waals surface area contributed by atoms with Crippen LogP contribution in [0.25, 0.3) is 6.08 Å². The van der Waals surface area contributed by atoms with Crippen LogP contribution in [0.5, 0.6) is 5.75 Å². The van der Waals surface area contributed by atoms with Crippen molar-refractivity contribution in [3.05, 3.63) is 71.8 Å². The first-order chi connectivity index (χ1) is 13.2. The minimum Gasteiger partial charge on any atom is -0.490 e. The quantitative estimate of drug-likeness (QED) is 0.439. The van der Waals surface area contributed by atoms with Crippen molar-refractivity contribution in [2.45, 2.75) is 12.8 Å². The first kappa shape index (κ1) is 21.9. The smallest absolute Gasteiger partial charge is 0.304 e. The van der Waals surface area contributed by atoms with Crippen molar-refractivity contribution in [1.82, 2.24) is 5.32 Å². The highest BCUT2D eigenvalue weighted by molar-refractivity contribution is 5.66. The molecule has 0 amide bonds. The number of aliphatic carboxylic acids is 1. The van der Waals surface area contributed by atoms with Gasteiger partial charge < -0.3 is 20.3 Å². The highest BCUT2D eigenvalue weighted by atomic mass is 16.5. The van der Waals surface area contributed by atoms with Crippen molar-refractivity contribution in [3.63, 3.8) is 0 Å². The highest BCUT2D eigenvalue weighted by Crippen LogP contribution is 2.12. The summed E-state index contributed by atoms with van der Waals surface area (Å²) < 4.78 is 5.68. The van der Waals surface area contributed by atoms with Crippen LogP contribution in [0.1, 0.15) is 17.5 Å². The number of hydrogen-bond acceptors (Lipinski definition) is 4. The number of rotatable bonds is 10. The Hall–Kier alpha value is -3.12. The fraction of sp³-hybridized carbons (Fsp3) is 0.238. The van der Waals surface area contributed by atoms with Crippen LogP contribution in [0.3, 0.4) is 0 Å². The Morgan fingerprint density at radius 3 is 2.33 bits per heavy atom. The summed E-state index contributed by atoms with van der Waals surface area (Å²) in [6.07, 6.45) is 5.06. The predicted octanol–water partition coefficient (Wildman–Crippen LogP) is 3.09. The average molecular weight is 371 g/mol. The van der Waals surface area contributed by atoms with Gasteiger partial charge in [0.05, 0.1) is 6.42 Å². The lowest BCUT2D eigenvalue weighted by molar-refractivity contribution is -0.136. The molecule has 2 aromatic rings. The Balaban J connectivity index is 0.00000114. The van der Waals surface area contributed by atoms with Gasteiger partial charge in [-0.1, -0.05) is 48.5 Å². The molecule has 0 aliphatic carbocycles. The Labute approximate surface area is 159 Å². The number of ether oxygens (including phenoxy) is 1. The first-order valence-electron chi connectivity index (χ1n) is 8.59. The predicted molar refractivity (Wildman–Crippen MR) is 105 cm³/mol. The molecule has 6 heteroatoms. The maximum atomic E-state index is 10.4. The Kier molecular flexibility index (Phi) is 11.4. The molecular weight excluding hydrogens is 346 g/mol. The largest absolute Gasteiger partial charge is 0.490 e. The molecular formula is C21H25NO5. The van der Waals surface area contributed by atoms with Crippen LogP contribution >= 0.6 is 0 Å². The number of carboxylic acid groups (broad SMARTS) is 2. The van der Waals surface area contributed by atoms with Gasteiger partial charge in [-0.2, -0.15) is 0 Å². The molecule has 0 saturated heterocycles. The zero-order chi connectivity index (χ0) is 19.7.